The van der Waals surface area contributed by atoms with Gasteiger partial charge in [-0.2, -0.15) is 0 Å². The number of benzene rings is 2. The topological polar surface area (TPSA) is 50.8 Å². The number of ether oxygens (including phenoxy) is 2. The van der Waals surface area contributed by atoms with E-state index in [0.29, 0.717) is 24.6 Å². The van der Waals surface area contributed by atoms with E-state index in [-0.39, 0.29) is 5.91 Å². The molecule has 0 unspecified atom stereocenters. The third-order valence-corrected chi connectivity index (χ3v) is 4.30. The van der Waals surface area contributed by atoms with Crippen molar-refractivity contribution in [3.63, 3.8) is 0 Å². The fourth-order valence-corrected chi connectivity index (χ4v) is 2.95. The molecule has 2 aromatic carbocycles. The third kappa shape index (κ3) is 5.47. The van der Waals surface area contributed by atoms with Crippen LogP contribution < -0.4 is 14.8 Å². The summed E-state index contributed by atoms with van der Waals surface area (Å²) in [5, 5.41) is 2.90. The van der Waals surface area contributed by atoms with Gasteiger partial charge in [0.15, 0.2) is 11.5 Å². The summed E-state index contributed by atoms with van der Waals surface area (Å²) in [6.07, 6.45) is 0. The summed E-state index contributed by atoms with van der Waals surface area (Å²) in [6, 6.07) is 11.4. The molecule has 1 amide bonds. The van der Waals surface area contributed by atoms with Crippen LogP contribution in [0.3, 0.4) is 0 Å². The van der Waals surface area contributed by atoms with Gasteiger partial charge in [-0.05, 0) is 55.4 Å². The quantitative estimate of drug-likeness (QED) is 0.758. The highest BCUT2D eigenvalue weighted by atomic mass is 79.9. The number of nitrogens with zero attached hydrogens (tertiary/aromatic N) is 1. The molecule has 0 bridgehead atoms. The molecular formula is C19H23BrN2O3. The molecule has 5 nitrogen and oxygen atoms in total. The minimum absolute atomic E-state index is 0.0567. The van der Waals surface area contributed by atoms with Crippen LogP contribution in [0.4, 0.5) is 5.69 Å². The number of aryl methyl sites for hydroxylation is 1. The number of hydrogen-bond donors (Lipinski definition) is 1. The molecule has 0 radical (unpaired) electrons. The van der Waals surface area contributed by atoms with Gasteiger partial charge in [0.05, 0.1) is 20.8 Å². The van der Waals surface area contributed by atoms with E-state index < -0.39 is 0 Å². The van der Waals surface area contributed by atoms with Crippen molar-refractivity contribution in [2.75, 3.05) is 33.1 Å². The van der Waals surface area contributed by atoms with E-state index in [9.17, 15) is 4.79 Å². The molecular weight excluding hydrogens is 384 g/mol. The number of nitrogens with one attached hydrogen (secondary N) is 1. The smallest absolute Gasteiger partial charge is 0.238 e. The molecule has 1 N–H and O–H groups in total. The molecule has 0 saturated heterocycles. The summed E-state index contributed by atoms with van der Waals surface area (Å²) < 4.78 is 11.6. The summed E-state index contributed by atoms with van der Waals surface area (Å²) in [6.45, 7) is 2.95. The summed E-state index contributed by atoms with van der Waals surface area (Å²) in [4.78, 5) is 14.2. The van der Waals surface area contributed by atoms with Gasteiger partial charge < -0.3 is 14.8 Å². The van der Waals surface area contributed by atoms with Crippen molar-refractivity contribution in [1.82, 2.24) is 4.90 Å². The van der Waals surface area contributed by atoms with Crippen LogP contribution in [0.1, 0.15) is 11.1 Å². The monoisotopic (exact) mass is 406 g/mol. The largest absolute Gasteiger partial charge is 0.493 e. The van der Waals surface area contributed by atoms with Crippen molar-refractivity contribution in [3.8, 4) is 11.5 Å². The summed E-state index contributed by atoms with van der Waals surface area (Å²) in [5.74, 6) is 1.34. The molecule has 0 atom stereocenters. The fraction of sp³-hybridized carbons (Fsp3) is 0.316. The first-order chi connectivity index (χ1) is 11.9. The Labute approximate surface area is 157 Å². The lowest BCUT2D eigenvalue weighted by Crippen LogP contribution is -2.30. The first kappa shape index (κ1) is 19.3. The fourth-order valence-electron chi connectivity index (χ4n) is 2.55. The van der Waals surface area contributed by atoms with Gasteiger partial charge in [0.25, 0.3) is 0 Å². The predicted octanol–water partition coefficient (Wildman–Crippen LogP) is 3.85. The number of anilines is 1. The number of rotatable bonds is 7. The Balaban J connectivity index is 2.00. The van der Waals surface area contributed by atoms with Crippen LogP contribution >= 0.6 is 15.9 Å². The molecule has 134 valence electrons. The van der Waals surface area contributed by atoms with Gasteiger partial charge in [-0.3, -0.25) is 9.69 Å². The number of carbonyl (C=O) groups excluding carboxylic acids is 1. The molecule has 25 heavy (non-hydrogen) atoms. The second-order valence-electron chi connectivity index (χ2n) is 5.86. The van der Waals surface area contributed by atoms with Crippen LogP contribution in [-0.4, -0.2) is 38.6 Å². The predicted molar refractivity (Wildman–Crippen MR) is 103 cm³/mol. The maximum atomic E-state index is 12.2. The highest BCUT2D eigenvalue weighted by Gasteiger charge is 2.12. The maximum absolute atomic E-state index is 12.2. The first-order valence-corrected chi connectivity index (χ1v) is 8.67. The number of hydrogen-bond acceptors (Lipinski definition) is 4. The van der Waals surface area contributed by atoms with Crippen LogP contribution in [0.5, 0.6) is 11.5 Å². The third-order valence-electron chi connectivity index (χ3n) is 3.80. The van der Waals surface area contributed by atoms with Gasteiger partial charge in [0.2, 0.25) is 5.91 Å². The van der Waals surface area contributed by atoms with E-state index in [2.05, 4.69) is 21.2 Å². The Morgan fingerprint density at radius 1 is 1.16 bits per heavy atom. The summed E-state index contributed by atoms with van der Waals surface area (Å²) in [7, 11) is 5.15. The van der Waals surface area contributed by atoms with Gasteiger partial charge in [0, 0.05) is 16.7 Å². The maximum Gasteiger partial charge on any atom is 0.238 e. The Hall–Kier alpha value is -2.05. The highest BCUT2D eigenvalue weighted by Crippen LogP contribution is 2.30. The average molecular weight is 407 g/mol. The molecule has 0 aliphatic rings. The zero-order valence-corrected chi connectivity index (χ0v) is 16.5. The number of likely N-dealkylation sites (N-methyl/N-ethyl adjacent to an activating group) is 1. The van der Waals surface area contributed by atoms with Crippen molar-refractivity contribution >= 4 is 27.5 Å². The van der Waals surface area contributed by atoms with Crippen LogP contribution in [0.2, 0.25) is 0 Å². The molecule has 2 aromatic rings. The second-order valence-corrected chi connectivity index (χ2v) is 6.78. The molecule has 0 spiro atoms. The van der Waals surface area contributed by atoms with Crippen molar-refractivity contribution in [2.45, 2.75) is 13.5 Å². The second kappa shape index (κ2) is 8.87. The van der Waals surface area contributed by atoms with E-state index >= 15 is 0 Å². The molecule has 2 rings (SSSR count). The lowest BCUT2D eigenvalue weighted by atomic mass is 10.1. The number of methoxy groups -OCH3 is 2. The van der Waals surface area contributed by atoms with Crippen molar-refractivity contribution in [2.24, 2.45) is 0 Å². The van der Waals surface area contributed by atoms with Gasteiger partial charge in [0.1, 0.15) is 0 Å². The number of carbonyl (C=O) groups is 1. The van der Waals surface area contributed by atoms with Crippen molar-refractivity contribution in [3.05, 3.63) is 52.0 Å². The van der Waals surface area contributed by atoms with E-state index in [0.717, 1.165) is 21.3 Å². The first-order valence-electron chi connectivity index (χ1n) is 7.88. The normalized spacial score (nSPS) is 10.6. The van der Waals surface area contributed by atoms with E-state index in [1.165, 1.54) is 0 Å². The van der Waals surface area contributed by atoms with Crippen LogP contribution in [0.25, 0.3) is 0 Å². The summed E-state index contributed by atoms with van der Waals surface area (Å²) in [5.41, 5.74) is 2.96. The Morgan fingerprint density at radius 2 is 1.84 bits per heavy atom. The van der Waals surface area contributed by atoms with Crippen molar-refractivity contribution < 1.29 is 14.3 Å². The number of halogens is 1. The molecule has 0 aliphatic heterocycles. The molecule has 6 heteroatoms. The Bertz CT molecular complexity index is 749. The van der Waals surface area contributed by atoms with E-state index in [1.54, 1.807) is 14.2 Å². The Kier molecular flexibility index (Phi) is 6.84. The molecule has 0 aliphatic carbocycles. The minimum atomic E-state index is -0.0567. The zero-order valence-electron chi connectivity index (χ0n) is 14.9. The summed E-state index contributed by atoms with van der Waals surface area (Å²) >= 11 is 3.40. The molecule has 0 heterocycles. The Morgan fingerprint density at radius 3 is 2.48 bits per heavy atom. The SMILES string of the molecule is COc1cc(C)c(CN(C)CC(=O)Nc2cccc(Br)c2)cc1OC. The molecule has 0 fully saturated rings. The lowest BCUT2D eigenvalue weighted by Gasteiger charge is -2.19. The van der Waals surface area contributed by atoms with Crippen LogP contribution in [-0.2, 0) is 11.3 Å². The van der Waals surface area contributed by atoms with Gasteiger partial charge >= 0.3 is 0 Å². The van der Waals surface area contributed by atoms with Gasteiger partial charge in [-0.25, -0.2) is 0 Å². The van der Waals surface area contributed by atoms with E-state index in [1.807, 2.05) is 55.3 Å². The number of amides is 1. The minimum Gasteiger partial charge on any atom is -0.493 e. The standard InChI is InChI=1S/C19H23BrN2O3/c1-13-8-17(24-3)18(25-4)9-14(13)11-22(2)12-19(23)21-16-7-5-6-15(20)10-16/h5-10H,11-12H2,1-4H3,(H,21,23). The molecule has 0 aromatic heterocycles. The zero-order chi connectivity index (χ0) is 18.4. The lowest BCUT2D eigenvalue weighted by molar-refractivity contribution is -0.117. The molecule has 0 saturated carbocycles. The van der Waals surface area contributed by atoms with E-state index in [4.69, 9.17) is 9.47 Å². The van der Waals surface area contributed by atoms with Crippen molar-refractivity contribution in [1.29, 1.82) is 0 Å². The highest BCUT2D eigenvalue weighted by molar-refractivity contribution is 9.10. The van der Waals surface area contributed by atoms with Crippen LogP contribution in [0, 0.1) is 6.92 Å². The van der Waals surface area contributed by atoms with Gasteiger partial charge in [-0.1, -0.05) is 22.0 Å². The van der Waals surface area contributed by atoms with Gasteiger partial charge in [-0.15, -0.1) is 0 Å². The van der Waals surface area contributed by atoms with Crippen LogP contribution in [0.15, 0.2) is 40.9 Å². The average Bonchev–Trinajstić information content (AvgIpc) is 2.56.